The van der Waals surface area contributed by atoms with Crippen molar-refractivity contribution in [1.29, 1.82) is 0 Å². The van der Waals surface area contributed by atoms with Crippen LogP contribution in [0.4, 0.5) is 0 Å². The van der Waals surface area contributed by atoms with Crippen LogP contribution in [0.5, 0.6) is 0 Å². The summed E-state index contributed by atoms with van der Waals surface area (Å²) in [6.07, 6.45) is 3.40. The molecule has 1 N–H and O–H groups in total. The summed E-state index contributed by atoms with van der Waals surface area (Å²) in [7, 11) is 0. The van der Waals surface area contributed by atoms with Crippen LogP contribution in [0.15, 0.2) is 0 Å². The van der Waals surface area contributed by atoms with E-state index in [9.17, 15) is 0 Å². The standard InChI is InChI=1S/C10H22O/c1-5-10(3,4)8-9(2)6-7-11/h9,11H,5-8H2,1-4H3. The molecule has 0 radical (unpaired) electrons. The highest BCUT2D eigenvalue weighted by atomic mass is 16.3. The van der Waals surface area contributed by atoms with Gasteiger partial charge in [0.2, 0.25) is 0 Å². The minimum absolute atomic E-state index is 0.334. The highest BCUT2D eigenvalue weighted by molar-refractivity contribution is 4.69. The van der Waals surface area contributed by atoms with Gasteiger partial charge in [-0.05, 0) is 24.2 Å². The normalized spacial score (nSPS) is 15.0. The molecule has 0 heterocycles. The molecular weight excluding hydrogens is 136 g/mol. The monoisotopic (exact) mass is 158 g/mol. The fraction of sp³-hybridized carbons (Fsp3) is 1.00. The zero-order chi connectivity index (χ0) is 8.91. The molecule has 11 heavy (non-hydrogen) atoms. The van der Waals surface area contributed by atoms with Crippen LogP contribution in [-0.2, 0) is 0 Å². The Morgan fingerprint density at radius 1 is 1.36 bits per heavy atom. The van der Waals surface area contributed by atoms with Crippen molar-refractivity contribution in [2.45, 2.75) is 47.0 Å². The molecule has 0 fully saturated rings. The quantitative estimate of drug-likeness (QED) is 0.652. The van der Waals surface area contributed by atoms with Crippen molar-refractivity contribution in [2.75, 3.05) is 6.61 Å². The highest BCUT2D eigenvalue weighted by Gasteiger charge is 2.18. The predicted molar refractivity (Wildman–Crippen MR) is 49.6 cm³/mol. The lowest BCUT2D eigenvalue weighted by Crippen LogP contribution is -2.15. The molecule has 1 atom stereocenters. The van der Waals surface area contributed by atoms with E-state index in [0.717, 1.165) is 6.42 Å². The van der Waals surface area contributed by atoms with Crippen LogP contribution in [0.2, 0.25) is 0 Å². The van der Waals surface area contributed by atoms with Crippen molar-refractivity contribution in [3.63, 3.8) is 0 Å². The molecule has 0 aliphatic heterocycles. The number of hydrogen-bond acceptors (Lipinski definition) is 1. The van der Waals surface area contributed by atoms with Gasteiger partial charge in [0.15, 0.2) is 0 Å². The first-order valence-electron chi connectivity index (χ1n) is 4.62. The molecule has 1 nitrogen and oxygen atoms in total. The smallest absolute Gasteiger partial charge is 0.0433 e. The Morgan fingerprint density at radius 2 is 1.91 bits per heavy atom. The molecule has 0 saturated heterocycles. The molecule has 0 aromatic heterocycles. The van der Waals surface area contributed by atoms with Gasteiger partial charge in [0.05, 0.1) is 0 Å². The summed E-state index contributed by atoms with van der Waals surface area (Å²) in [5, 5.41) is 8.71. The van der Waals surface area contributed by atoms with Crippen molar-refractivity contribution in [3.05, 3.63) is 0 Å². The number of hydrogen-bond donors (Lipinski definition) is 1. The van der Waals surface area contributed by atoms with Gasteiger partial charge in [-0.15, -0.1) is 0 Å². The number of rotatable bonds is 5. The van der Waals surface area contributed by atoms with Gasteiger partial charge in [-0.2, -0.15) is 0 Å². The van der Waals surface area contributed by atoms with Crippen LogP contribution in [0.1, 0.15) is 47.0 Å². The molecule has 1 unspecified atom stereocenters. The lowest BCUT2D eigenvalue weighted by atomic mass is 9.80. The summed E-state index contributed by atoms with van der Waals surface area (Å²) in [4.78, 5) is 0. The summed E-state index contributed by atoms with van der Waals surface area (Å²) < 4.78 is 0. The Kier molecular flexibility index (Phi) is 4.74. The van der Waals surface area contributed by atoms with Crippen LogP contribution in [0, 0.1) is 11.3 Å². The van der Waals surface area contributed by atoms with Crippen LogP contribution < -0.4 is 0 Å². The molecule has 0 aromatic carbocycles. The van der Waals surface area contributed by atoms with Crippen LogP contribution >= 0.6 is 0 Å². The van der Waals surface area contributed by atoms with Gasteiger partial charge in [0.1, 0.15) is 0 Å². The molecule has 1 heteroatoms. The third kappa shape index (κ3) is 5.25. The third-order valence-corrected chi connectivity index (χ3v) is 2.48. The Bertz CT molecular complexity index is 97.0. The fourth-order valence-corrected chi connectivity index (χ4v) is 1.41. The molecule has 0 aromatic rings. The van der Waals surface area contributed by atoms with Crippen molar-refractivity contribution >= 4 is 0 Å². The minimum atomic E-state index is 0.334. The first-order valence-corrected chi connectivity index (χ1v) is 4.62. The fourth-order valence-electron chi connectivity index (χ4n) is 1.41. The van der Waals surface area contributed by atoms with Crippen molar-refractivity contribution in [2.24, 2.45) is 11.3 Å². The second kappa shape index (κ2) is 4.76. The van der Waals surface area contributed by atoms with Crippen LogP contribution in [0.3, 0.4) is 0 Å². The number of aliphatic hydroxyl groups excluding tert-OH is 1. The molecule has 0 bridgehead atoms. The zero-order valence-corrected chi connectivity index (χ0v) is 8.35. The van der Waals surface area contributed by atoms with E-state index in [1.165, 1.54) is 12.8 Å². The van der Waals surface area contributed by atoms with E-state index in [2.05, 4.69) is 27.7 Å². The zero-order valence-electron chi connectivity index (χ0n) is 8.35. The van der Waals surface area contributed by atoms with E-state index >= 15 is 0 Å². The van der Waals surface area contributed by atoms with Crippen molar-refractivity contribution in [3.8, 4) is 0 Å². The molecule has 0 rings (SSSR count). The average molecular weight is 158 g/mol. The molecule has 68 valence electrons. The molecule has 0 aliphatic carbocycles. The van der Waals surface area contributed by atoms with E-state index in [0.29, 0.717) is 17.9 Å². The molecule has 0 spiro atoms. The third-order valence-electron chi connectivity index (χ3n) is 2.48. The predicted octanol–water partition coefficient (Wildman–Crippen LogP) is 2.83. The van der Waals surface area contributed by atoms with Gasteiger partial charge in [-0.3, -0.25) is 0 Å². The lowest BCUT2D eigenvalue weighted by molar-refractivity contribution is 0.213. The first-order chi connectivity index (χ1) is 5.02. The summed E-state index contributed by atoms with van der Waals surface area (Å²) in [6.45, 7) is 9.36. The maximum Gasteiger partial charge on any atom is 0.0433 e. The molecular formula is C10H22O. The second-order valence-corrected chi connectivity index (χ2v) is 4.34. The van der Waals surface area contributed by atoms with Crippen molar-refractivity contribution in [1.82, 2.24) is 0 Å². The van der Waals surface area contributed by atoms with Gasteiger partial charge >= 0.3 is 0 Å². The summed E-state index contributed by atoms with van der Waals surface area (Å²) in [5.41, 5.74) is 0.453. The summed E-state index contributed by atoms with van der Waals surface area (Å²) in [6, 6.07) is 0. The maximum atomic E-state index is 8.71. The minimum Gasteiger partial charge on any atom is -0.396 e. The van der Waals surface area contributed by atoms with Crippen LogP contribution in [-0.4, -0.2) is 11.7 Å². The van der Waals surface area contributed by atoms with Gasteiger partial charge in [0, 0.05) is 6.61 Å². The Morgan fingerprint density at radius 3 is 2.27 bits per heavy atom. The van der Waals surface area contributed by atoms with E-state index in [-0.39, 0.29) is 0 Å². The molecule has 0 saturated carbocycles. The largest absolute Gasteiger partial charge is 0.396 e. The van der Waals surface area contributed by atoms with E-state index < -0.39 is 0 Å². The second-order valence-electron chi connectivity index (χ2n) is 4.34. The topological polar surface area (TPSA) is 20.2 Å². The highest BCUT2D eigenvalue weighted by Crippen LogP contribution is 2.29. The van der Waals surface area contributed by atoms with E-state index in [1.54, 1.807) is 0 Å². The summed E-state index contributed by atoms with van der Waals surface area (Å²) >= 11 is 0. The van der Waals surface area contributed by atoms with E-state index in [1.807, 2.05) is 0 Å². The maximum absolute atomic E-state index is 8.71. The SMILES string of the molecule is CCC(C)(C)CC(C)CCO. The van der Waals surface area contributed by atoms with Gasteiger partial charge < -0.3 is 5.11 Å². The average Bonchev–Trinajstić information content (AvgIpc) is 1.87. The first kappa shape index (κ1) is 11.0. The van der Waals surface area contributed by atoms with Gasteiger partial charge in [0.25, 0.3) is 0 Å². The van der Waals surface area contributed by atoms with Gasteiger partial charge in [-0.25, -0.2) is 0 Å². The van der Waals surface area contributed by atoms with Crippen molar-refractivity contribution < 1.29 is 5.11 Å². The number of aliphatic hydroxyl groups is 1. The van der Waals surface area contributed by atoms with E-state index in [4.69, 9.17) is 5.11 Å². The molecule has 0 aliphatic rings. The Hall–Kier alpha value is -0.0400. The summed E-state index contributed by atoms with van der Waals surface area (Å²) in [5.74, 6) is 0.662. The van der Waals surface area contributed by atoms with Crippen LogP contribution in [0.25, 0.3) is 0 Å². The lowest BCUT2D eigenvalue weighted by Gasteiger charge is -2.26. The van der Waals surface area contributed by atoms with Gasteiger partial charge in [-0.1, -0.05) is 34.1 Å². The Labute approximate surface area is 70.8 Å². The Balaban J connectivity index is 3.64. The molecule has 0 amide bonds.